The van der Waals surface area contributed by atoms with E-state index in [9.17, 15) is 13.6 Å². The van der Waals surface area contributed by atoms with Crippen LogP contribution in [0.5, 0.6) is 0 Å². The van der Waals surface area contributed by atoms with Gasteiger partial charge in [-0.05, 0) is 49.0 Å². The second kappa shape index (κ2) is 6.49. The van der Waals surface area contributed by atoms with Crippen molar-refractivity contribution >= 4 is 16.8 Å². The first-order valence-electron chi connectivity index (χ1n) is 8.88. The highest BCUT2D eigenvalue weighted by Gasteiger charge is 2.19. The van der Waals surface area contributed by atoms with Crippen molar-refractivity contribution in [3.05, 3.63) is 59.3 Å². The van der Waals surface area contributed by atoms with E-state index in [-0.39, 0.29) is 16.5 Å². The van der Waals surface area contributed by atoms with E-state index in [0.717, 1.165) is 31.0 Å². The minimum absolute atomic E-state index is 0.0129. The second-order valence-corrected chi connectivity index (χ2v) is 6.35. The zero-order valence-electron chi connectivity index (χ0n) is 14.9. The van der Waals surface area contributed by atoms with Crippen molar-refractivity contribution in [1.82, 2.24) is 15.1 Å². The van der Waals surface area contributed by atoms with Gasteiger partial charge in [0.25, 0.3) is 5.91 Å². The van der Waals surface area contributed by atoms with Crippen LogP contribution in [0.1, 0.15) is 36.0 Å². The number of halogens is 2. The molecule has 1 aliphatic rings. The van der Waals surface area contributed by atoms with Gasteiger partial charge in [-0.25, -0.2) is 13.5 Å². The Labute approximate surface area is 150 Å². The molecule has 4 rings (SSSR count). The Hall–Kier alpha value is -2.80. The van der Waals surface area contributed by atoms with E-state index in [1.807, 2.05) is 12.1 Å². The number of amides is 1. The molecule has 1 amide bonds. The SMILES string of the molecule is [2H][C@]1(c2ccc(-n3cc4c(F)c(F)cc(C(N)=O)c4n3)cc2)CCCNC1. The van der Waals surface area contributed by atoms with Gasteiger partial charge in [-0.1, -0.05) is 12.1 Å². The van der Waals surface area contributed by atoms with Crippen molar-refractivity contribution in [3.63, 3.8) is 0 Å². The molecule has 1 aromatic heterocycles. The number of benzene rings is 2. The van der Waals surface area contributed by atoms with E-state index < -0.39 is 23.4 Å². The smallest absolute Gasteiger partial charge is 0.251 e. The number of piperidine rings is 1. The van der Waals surface area contributed by atoms with Crippen LogP contribution in [0.2, 0.25) is 0 Å². The zero-order chi connectivity index (χ0) is 19.2. The molecule has 3 aromatic rings. The van der Waals surface area contributed by atoms with Crippen LogP contribution < -0.4 is 11.1 Å². The number of aromatic nitrogens is 2. The van der Waals surface area contributed by atoms with Crippen LogP contribution in [0.15, 0.2) is 36.5 Å². The van der Waals surface area contributed by atoms with Crippen molar-refractivity contribution < 1.29 is 14.9 Å². The average molecular weight is 357 g/mol. The fourth-order valence-electron chi connectivity index (χ4n) is 3.29. The number of carbonyl (C=O) groups is 1. The maximum absolute atomic E-state index is 14.1. The predicted octanol–water partition coefficient (Wildman–Crippen LogP) is 2.87. The summed E-state index contributed by atoms with van der Waals surface area (Å²) in [7, 11) is 0. The normalized spacial score (nSPS) is 20.9. The molecule has 0 spiro atoms. The fraction of sp³-hybridized carbons (Fsp3) is 0.263. The number of nitrogens with zero attached hydrogens (tertiary/aromatic N) is 2. The van der Waals surface area contributed by atoms with Crippen molar-refractivity contribution in [2.24, 2.45) is 5.73 Å². The average Bonchev–Trinajstić information content (AvgIpc) is 3.11. The molecule has 0 saturated carbocycles. The Balaban J connectivity index is 1.75. The quantitative estimate of drug-likeness (QED) is 0.757. The standard InChI is InChI=1S/C19H18F2N4O/c20-16-8-14(19(22)26)18-15(17(16)21)10-25(24-18)13-5-3-11(4-6-13)12-2-1-7-23-9-12/h3-6,8,10,12,23H,1-2,7,9H2,(H2,22,26)/t12-/m0/s1/i12D. The summed E-state index contributed by atoms with van der Waals surface area (Å²) in [6.07, 6.45) is 3.04. The number of nitrogens with one attached hydrogen (secondary N) is 1. The van der Waals surface area contributed by atoms with Crippen LogP contribution in [0, 0.1) is 11.6 Å². The lowest BCUT2D eigenvalue weighted by molar-refractivity contribution is 0.100. The molecule has 0 bridgehead atoms. The van der Waals surface area contributed by atoms with E-state index in [1.165, 1.54) is 10.9 Å². The topological polar surface area (TPSA) is 72.9 Å². The summed E-state index contributed by atoms with van der Waals surface area (Å²) in [6, 6.07) is 7.98. The largest absolute Gasteiger partial charge is 0.366 e. The van der Waals surface area contributed by atoms with Gasteiger partial charge in [-0.2, -0.15) is 5.10 Å². The molecule has 0 aliphatic carbocycles. The molecule has 5 nitrogen and oxygen atoms in total. The van der Waals surface area contributed by atoms with Gasteiger partial charge < -0.3 is 11.1 Å². The lowest BCUT2D eigenvalue weighted by Gasteiger charge is -2.23. The van der Waals surface area contributed by atoms with Crippen molar-refractivity contribution in [2.75, 3.05) is 13.1 Å². The highest BCUT2D eigenvalue weighted by molar-refractivity contribution is 6.04. The van der Waals surface area contributed by atoms with Gasteiger partial charge >= 0.3 is 0 Å². The van der Waals surface area contributed by atoms with Gasteiger partial charge in [0.1, 0.15) is 5.52 Å². The molecule has 1 atom stereocenters. The van der Waals surface area contributed by atoms with Crippen LogP contribution in [-0.2, 0) is 0 Å². The molecule has 1 saturated heterocycles. The molecule has 1 fully saturated rings. The molecule has 26 heavy (non-hydrogen) atoms. The fourth-order valence-corrected chi connectivity index (χ4v) is 3.29. The van der Waals surface area contributed by atoms with Crippen LogP contribution in [0.25, 0.3) is 16.6 Å². The number of carbonyl (C=O) groups excluding carboxylic acids is 1. The number of hydrogen-bond donors (Lipinski definition) is 2. The first kappa shape index (κ1) is 15.5. The lowest BCUT2D eigenvalue weighted by Crippen LogP contribution is -2.28. The molecule has 0 unspecified atom stereocenters. The number of rotatable bonds is 3. The van der Waals surface area contributed by atoms with Crippen LogP contribution in [0.3, 0.4) is 0 Å². The molecule has 0 radical (unpaired) electrons. The molecular weight excluding hydrogens is 338 g/mol. The van der Waals surface area contributed by atoms with Crippen molar-refractivity contribution in [1.29, 1.82) is 0 Å². The molecule has 2 heterocycles. The van der Waals surface area contributed by atoms with E-state index in [4.69, 9.17) is 7.10 Å². The van der Waals surface area contributed by atoms with Gasteiger partial charge in [0.2, 0.25) is 0 Å². The maximum atomic E-state index is 14.1. The first-order chi connectivity index (χ1) is 12.9. The number of hydrogen-bond acceptors (Lipinski definition) is 3. The van der Waals surface area contributed by atoms with Crippen molar-refractivity contribution in [2.45, 2.75) is 18.7 Å². The molecule has 7 heteroatoms. The Morgan fingerprint density at radius 1 is 1.35 bits per heavy atom. The zero-order valence-corrected chi connectivity index (χ0v) is 13.9. The summed E-state index contributed by atoms with van der Waals surface area (Å²) in [4.78, 5) is 11.5. The predicted molar refractivity (Wildman–Crippen MR) is 94.3 cm³/mol. The molecule has 2 aromatic carbocycles. The molecule has 134 valence electrons. The summed E-state index contributed by atoms with van der Waals surface area (Å²) in [5.41, 5.74) is 6.59. The maximum Gasteiger partial charge on any atom is 0.251 e. The Bertz CT molecular complexity index is 1030. The van der Waals surface area contributed by atoms with Crippen LogP contribution in [-0.4, -0.2) is 28.8 Å². The third kappa shape index (κ3) is 2.84. The van der Waals surface area contributed by atoms with Gasteiger partial charge in [0.05, 0.1) is 16.6 Å². The Morgan fingerprint density at radius 2 is 2.12 bits per heavy atom. The lowest BCUT2D eigenvalue weighted by atomic mass is 9.92. The highest BCUT2D eigenvalue weighted by atomic mass is 19.2. The van der Waals surface area contributed by atoms with Gasteiger partial charge in [-0.3, -0.25) is 4.79 Å². The summed E-state index contributed by atoms with van der Waals surface area (Å²) >= 11 is 0. The van der Waals surface area contributed by atoms with E-state index >= 15 is 0 Å². The minimum Gasteiger partial charge on any atom is -0.366 e. The minimum atomic E-state index is -1.15. The summed E-state index contributed by atoms with van der Waals surface area (Å²) in [5.74, 6) is -3.77. The first-order valence-corrected chi connectivity index (χ1v) is 8.38. The summed E-state index contributed by atoms with van der Waals surface area (Å²) < 4.78 is 37.8. The van der Waals surface area contributed by atoms with Gasteiger partial charge in [-0.15, -0.1) is 0 Å². The molecule has 1 aliphatic heterocycles. The van der Waals surface area contributed by atoms with E-state index in [0.29, 0.717) is 12.2 Å². The monoisotopic (exact) mass is 357 g/mol. The number of nitrogens with two attached hydrogens (primary N) is 1. The molecule has 3 N–H and O–H groups in total. The van der Waals surface area contributed by atoms with Gasteiger partial charge in [0.15, 0.2) is 11.6 Å². The second-order valence-electron chi connectivity index (χ2n) is 6.35. The molecular formula is C19H18F2N4O. The summed E-state index contributed by atoms with van der Waals surface area (Å²) in [6.45, 7) is 1.51. The van der Waals surface area contributed by atoms with Crippen LogP contribution in [0.4, 0.5) is 8.78 Å². The summed E-state index contributed by atoms with van der Waals surface area (Å²) in [5, 5.41) is 7.35. The third-order valence-electron chi connectivity index (χ3n) is 4.66. The third-order valence-corrected chi connectivity index (χ3v) is 4.66. The van der Waals surface area contributed by atoms with E-state index in [2.05, 4.69) is 10.4 Å². The number of primary amides is 1. The Kier molecular flexibility index (Phi) is 3.86. The highest BCUT2D eigenvalue weighted by Crippen LogP contribution is 2.27. The van der Waals surface area contributed by atoms with Gasteiger partial charge in [0, 0.05) is 14.1 Å². The van der Waals surface area contributed by atoms with E-state index in [1.54, 1.807) is 12.1 Å². The van der Waals surface area contributed by atoms with Crippen molar-refractivity contribution in [3.8, 4) is 5.69 Å². The van der Waals surface area contributed by atoms with Crippen LogP contribution >= 0.6 is 0 Å². The number of fused-ring (bicyclic) bond motifs is 1. The Morgan fingerprint density at radius 3 is 2.77 bits per heavy atom.